The average molecular weight is 299 g/mol. The zero-order valence-corrected chi connectivity index (χ0v) is 11.2. The van der Waals surface area contributed by atoms with Crippen molar-refractivity contribution in [1.29, 1.82) is 0 Å². The lowest BCUT2D eigenvalue weighted by atomic mass is 9.82. The van der Waals surface area contributed by atoms with E-state index in [4.69, 9.17) is 0 Å². The third kappa shape index (κ3) is 3.04. The van der Waals surface area contributed by atoms with E-state index in [1.165, 1.54) is 0 Å². The summed E-state index contributed by atoms with van der Waals surface area (Å²) in [5.41, 5.74) is 0.446. The summed E-state index contributed by atoms with van der Waals surface area (Å²) in [6.07, 6.45) is 1.42. The highest BCUT2D eigenvalue weighted by molar-refractivity contribution is 9.10. The van der Waals surface area contributed by atoms with Crippen LogP contribution in [-0.4, -0.2) is 40.6 Å². The fourth-order valence-electron chi connectivity index (χ4n) is 2.04. The van der Waals surface area contributed by atoms with Crippen molar-refractivity contribution in [2.75, 3.05) is 13.6 Å². The smallest absolute Gasteiger partial charge is 0.272 e. The first-order valence-electron chi connectivity index (χ1n) is 5.62. The van der Waals surface area contributed by atoms with E-state index in [0.717, 1.165) is 12.8 Å². The van der Waals surface area contributed by atoms with Crippen LogP contribution in [0.15, 0.2) is 22.8 Å². The monoisotopic (exact) mass is 298 g/mol. The van der Waals surface area contributed by atoms with E-state index < -0.39 is 0 Å². The third-order valence-corrected chi connectivity index (χ3v) is 3.47. The van der Waals surface area contributed by atoms with Gasteiger partial charge in [-0.2, -0.15) is 0 Å². The standard InChI is InChI=1S/C12H15BrN2O2/c1-15(7-8-5-9(16)6-8)12(17)10-3-2-4-11(13)14-10/h2-4,8-9,16H,5-7H2,1H3. The Kier molecular flexibility index (Phi) is 3.79. The highest BCUT2D eigenvalue weighted by Crippen LogP contribution is 2.27. The lowest BCUT2D eigenvalue weighted by Crippen LogP contribution is -2.39. The SMILES string of the molecule is CN(CC1CC(O)C1)C(=O)c1cccc(Br)n1. The Morgan fingerprint density at radius 1 is 1.59 bits per heavy atom. The van der Waals surface area contributed by atoms with Gasteiger partial charge in [-0.05, 0) is 46.8 Å². The number of hydrogen-bond acceptors (Lipinski definition) is 3. The number of carbonyl (C=O) groups is 1. The molecule has 0 aliphatic heterocycles. The third-order valence-electron chi connectivity index (χ3n) is 3.02. The fraction of sp³-hybridized carbons (Fsp3) is 0.500. The van der Waals surface area contributed by atoms with Crippen molar-refractivity contribution in [2.45, 2.75) is 18.9 Å². The normalized spacial score (nSPS) is 23.0. The molecule has 5 heteroatoms. The van der Waals surface area contributed by atoms with Gasteiger partial charge in [0.05, 0.1) is 6.10 Å². The van der Waals surface area contributed by atoms with Crippen LogP contribution in [-0.2, 0) is 0 Å². The number of aliphatic hydroxyl groups excluding tert-OH is 1. The van der Waals surface area contributed by atoms with E-state index >= 15 is 0 Å². The molecule has 0 unspecified atom stereocenters. The van der Waals surface area contributed by atoms with Gasteiger partial charge in [0.1, 0.15) is 10.3 Å². The van der Waals surface area contributed by atoms with Gasteiger partial charge in [0, 0.05) is 13.6 Å². The number of halogens is 1. The Hall–Kier alpha value is -0.940. The summed E-state index contributed by atoms with van der Waals surface area (Å²) in [5, 5.41) is 9.20. The molecule has 1 heterocycles. The van der Waals surface area contributed by atoms with Crippen LogP contribution < -0.4 is 0 Å². The number of rotatable bonds is 3. The van der Waals surface area contributed by atoms with Crippen molar-refractivity contribution in [1.82, 2.24) is 9.88 Å². The Labute approximate surface area is 109 Å². The Morgan fingerprint density at radius 3 is 2.88 bits per heavy atom. The summed E-state index contributed by atoms with van der Waals surface area (Å²) in [5.74, 6) is 0.346. The minimum absolute atomic E-state index is 0.0762. The maximum absolute atomic E-state index is 12.0. The Morgan fingerprint density at radius 2 is 2.29 bits per heavy atom. The quantitative estimate of drug-likeness (QED) is 0.864. The molecular weight excluding hydrogens is 284 g/mol. The van der Waals surface area contributed by atoms with Crippen LogP contribution in [0.3, 0.4) is 0 Å². The number of carbonyl (C=O) groups excluding carboxylic acids is 1. The molecule has 1 N–H and O–H groups in total. The molecule has 0 aromatic carbocycles. The Balaban J connectivity index is 1.95. The zero-order valence-electron chi connectivity index (χ0n) is 9.64. The summed E-state index contributed by atoms with van der Waals surface area (Å²) in [4.78, 5) is 17.8. The molecule has 0 radical (unpaired) electrons. The molecule has 1 amide bonds. The number of nitrogens with zero attached hydrogens (tertiary/aromatic N) is 2. The number of aliphatic hydroxyl groups is 1. The van der Waals surface area contributed by atoms with Crippen LogP contribution in [0.25, 0.3) is 0 Å². The van der Waals surface area contributed by atoms with Crippen molar-refractivity contribution in [2.24, 2.45) is 5.92 Å². The van der Waals surface area contributed by atoms with Gasteiger partial charge in [-0.3, -0.25) is 4.79 Å². The fourth-order valence-corrected chi connectivity index (χ4v) is 2.39. The highest BCUT2D eigenvalue weighted by Gasteiger charge is 2.29. The van der Waals surface area contributed by atoms with Gasteiger partial charge in [0.15, 0.2) is 0 Å². The molecule has 4 nitrogen and oxygen atoms in total. The van der Waals surface area contributed by atoms with Crippen molar-refractivity contribution in [3.63, 3.8) is 0 Å². The van der Waals surface area contributed by atoms with Crippen LogP contribution in [0.2, 0.25) is 0 Å². The second kappa shape index (κ2) is 5.14. The van der Waals surface area contributed by atoms with E-state index in [2.05, 4.69) is 20.9 Å². The summed E-state index contributed by atoms with van der Waals surface area (Å²) >= 11 is 3.25. The molecule has 1 fully saturated rings. The minimum Gasteiger partial charge on any atom is -0.393 e. The van der Waals surface area contributed by atoms with E-state index in [9.17, 15) is 9.90 Å². The molecule has 0 saturated heterocycles. The molecule has 2 rings (SSSR count). The molecule has 1 aromatic rings. The minimum atomic E-state index is -0.174. The molecule has 1 aromatic heterocycles. The van der Waals surface area contributed by atoms with Crippen LogP contribution in [0.1, 0.15) is 23.3 Å². The van der Waals surface area contributed by atoms with Crippen LogP contribution in [0.5, 0.6) is 0 Å². The summed E-state index contributed by atoms with van der Waals surface area (Å²) in [7, 11) is 1.77. The van der Waals surface area contributed by atoms with Crippen LogP contribution >= 0.6 is 15.9 Å². The van der Waals surface area contributed by atoms with E-state index in [1.807, 2.05) is 0 Å². The second-order valence-corrected chi connectivity index (χ2v) is 5.33. The molecule has 1 aliphatic rings. The Bertz CT molecular complexity index is 419. The number of pyridine rings is 1. The molecule has 92 valence electrons. The molecule has 1 aliphatic carbocycles. The predicted molar refractivity (Wildman–Crippen MR) is 67.6 cm³/mol. The van der Waals surface area contributed by atoms with Gasteiger partial charge in [0.2, 0.25) is 0 Å². The largest absolute Gasteiger partial charge is 0.393 e. The zero-order chi connectivity index (χ0) is 12.4. The molecule has 0 spiro atoms. The second-order valence-electron chi connectivity index (χ2n) is 4.52. The lowest BCUT2D eigenvalue weighted by Gasteiger charge is -2.34. The first-order chi connectivity index (χ1) is 8.06. The van der Waals surface area contributed by atoms with Crippen molar-refractivity contribution in [3.8, 4) is 0 Å². The maximum Gasteiger partial charge on any atom is 0.272 e. The average Bonchev–Trinajstić information content (AvgIpc) is 2.26. The van der Waals surface area contributed by atoms with Gasteiger partial charge in [0.25, 0.3) is 5.91 Å². The summed E-state index contributed by atoms with van der Waals surface area (Å²) in [6.45, 7) is 0.685. The maximum atomic E-state index is 12.0. The lowest BCUT2D eigenvalue weighted by molar-refractivity contribution is 0.0264. The van der Waals surface area contributed by atoms with Crippen molar-refractivity contribution < 1.29 is 9.90 Å². The summed E-state index contributed by atoms with van der Waals surface area (Å²) < 4.78 is 0.663. The molecular formula is C12H15BrN2O2. The van der Waals surface area contributed by atoms with Crippen molar-refractivity contribution in [3.05, 3.63) is 28.5 Å². The van der Waals surface area contributed by atoms with Gasteiger partial charge in [-0.1, -0.05) is 6.07 Å². The topological polar surface area (TPSA) is 53.4 Å². The number of amides is 1. The highest BCUT2D eigenvalue weighted by atomic mass is 79.9. The van der Waals surface area contributed by atoms with Gasteiger partial charge < -0.3 is 10.0 Å². The van der Waals surface area contributed by atoms with Crippen LogP contribution in [0.4, 0.5) is 0 Å². The van der Waals surface area contributed by atoms with E-state index in [1.54, 1.807) is 30.1 Å². The first kappa shape index (κ1) is 12.5. The summed E-state index contributed by atoms with van der Waals surface area (Å²) in [6, 6.07) is 5.30. The molecule has 0 atom stereocenters. The van der Waals surface area contributed by atoms with E-state index in [0.29, 0.717) is 22.8 Å². The van der Waals surface area contributed by atoms with E-state index in [-0.39, 0.29) is 12.0 Å². The predicted octanol–water partition coefficient (Wildman–Crippen LogP) is 1.69. The number of aromatic nitrogens is 1. The molecule has 17 heavy (non-hydrogen) atoms. The van der Waals surface area contributed by atoms with Crippen molar-refractivity contribution >= 4 is 21.8 Å². The number of hydrogen-bond donors (Lipinski definition) is 1. The molecule has 1 saturated carbocycles. The first-order valence-corrected chi connectivity index (χ1v) is 6.41. The van der Waals surface area contributed by atoms with Gasteiger partial charge in [-0.25, -0.2) is 4.98 Å². The van der Waals surface area contributed by atoms with Gasteiger partial charge >= 0.3 is 0 Å². The van der Waals surface area contributed by atoms with Gasteiger partial charge in [-0.15, -0.1) is 0 Å². The molecule has 0 bridgehead atoms. The van der Waals surface area contributed by atoms with Crippen LogP contribution in [0, 0.1) is 5.92 Å².